The van der Waals surface area contributed by atoms with Gasteiger partial charge < -0.3 is 14.7 Å². The maximum Gasteiger partial charge on any atom is 0.337 e. The molecule has 1 aliphatic heterocycles. The second-order valence-electron chi connectivity index (χ2n) is 15.1. The Kier molecular flexibility index (Phi) is 9.38. The van der Waals surface area contributed by atoms with Crippen LogP contribution in [-0.2, 0) is 9.59 Å². The first-order valence-electron chi connectivity index (χ1n) is 17.5. The number of aliphatic carboxylic acids is 1. The first-order chi connectivity index (χ1) is 23.1. The number of aromatic nitrogens is 1. The molecule has 2 saturated carbocycles. The van der Waals surface area contributed by atoms with Gasteiger partial charge in [-0.3, -0.25) is 14.7 Å². The van der Waals surface area contributed by atoms with Crippen molar-refractivity contribution in [2.24, 2.45) is 10.8 Å². The van der Waals surface area contributed by atoms with E-state index in [2.05, 4.69) is 23.4 Å². The minimum Gasteiger partial charge on any atom is -0.491 e. The molecule has 7 nitrogen and oxygen atoms in total. The Hall–Kier alpha value is -3.49. The maximum atomic E-state index is 14.8. The summed E-state index contributed by atoms with van der Waals surface area (Å²) >= 11 is 6.47. The minimum atomic E-state index is -1.05. The van der Waals surface area contributed by atoms with Gasteiger partial charge in [-0.25, -0.2) is 9.18 Å². The van der Waals surface area contributed by atoms with Crippen LogP contribution in [0.15, 0.2) is 53.8 Å². The number of amides is 1. The highest BCUT2D eigenvalue weighted by atomic mass is 35.5. The Labute approximate surface area is 294 Å². The van der Waals surface area contributed by atoms with Crippen molar-refractivity contribution in [3.05, 3.63) is 75.7 Å². The van der Waals surface area contributed by atoms with Crippen LogP contribution in [0, 0.1) is 24.7 Å². The number of likely N-dealkylation sites (tertiary alicyclic amines) is 1. The smallest absolute Gasteiger partial charge is 0.337 e. The molecule has 2 spiro atoms. The summed E-state index contributed by atoms with van der Waals surface area (Å²) in [6, 6.07) is 7.56. The summed E-state index contributed by atoms with van der Waals surface area (Å²) in [4.78, 5) is 35.1. The molecule has 49 heavy (non-hydrogen) atoms. The monoisotopic (exact) mass is 689 g/mol. The molecular formula is C40H49ClFN3O4. The minimum absolute atomic E-state index is 0.00860. The predicted molar refractivity (Wildman–Crippen MR) is 192 cm³/mol. The van der Waals surface area contributed by atoms with Crippen molar-refractivity contribution >= 4 is 29.1 Å². The molecule has 1 aromatic heterocycles. The van der Waals surface area contributed by atoms with E-state index in [-0.39, 0.29) is 35.0 Å². The molecule has 0 radical (unpaired) electrons. The number of hydrogen-bond donors (Lipinski definition) is 1. The summed E-state index contributed by atoms with van der Waals surface area (Å²) in [6.45, 7) is 17.6. The van der Waals surface area contributed by atoms with Gasteiger partial charge in [-0.05, 0) is 140 Å². The van der Waals surface area contributed by atoms with E-state index in [4.69, 9.17) is 16.3 Å². The highest BCUT2D eigenvalue weighted by Crippen LogP contribution is 2.65. The first-order valence-corrected chi connectivity index (χ1v) is 17.9. The molecule has 4 aliphatic rings. The van der Waals surface area contributed by atoms with Gasteiger partial charge in [0.25, 0.3) is 5.91 Å². The number of benzene rings is 1. The third kappa shape index (κ3) is 6.59. The summed E-state index contributed by atoms with van der Waals surface area (Å²) in [7, 11) is 0. The lowest BCUT2D eigenvalue weighted by molar-refractivity contribution is -0.130. The van der Waals surface area contributed by atoms with Crippen LogP contribution in [0.2, 0.25) is 5.02 Å². The molecule has 1 unspecified atom stereocenters. The summed E-state index contributed by atoms with van der Waals surface area (Å²) in [5.74, 6) is -0.481. The molecule has 6 rings (SSSR count). The Morgan fingerprint density at radius 2 is 1.84 bits per heavy atom. The average molecular weight is 690 g/mol. The van der Waals surface area contributed by atoms with Crippen molar-refractivity contribution in [2.45, 2.75) is 98.2 Å². The van der Waals surface area contributed by atoms with Gasteiger partial charge in [0, 0.05) is 39.0 Å². The molecule has 262 valence electrons. The molecule has 1 amide bonds. The van der Waals surface area contributed by atoms with Gasteiger partial charge in [0.15, 0.2) is 0 Å². The van der Waals surface area contributed by atoms with Gasteiger partial charge in [0.2, 0.25) is 0 Å². The van der Waals surface area contributed by atoms with E-state index in [0.29, 0.717) is 52.8 Å². The van der Waals surface area contributed by atoms with E-state index in [9.17, 15) is 19.1 Å². The Morgan fingerprint density at radius 3 is 2.41 bits per heavy atom. The summed E-state index contributed by atoms with van der Waals surface area (Å²) in [5, 5.41) is 10.3. The molecule has 3 aliphatic carbocycles. The van der Waals surface area contributed by atoms with Crippen molar-refractivity contribution < 1.29 is 23.8 Å². The maximum absolute atomic E-state index is 14.8. The highest BCUT2D eigenvalue weighted by Gasteiger charge is 2.66. The summed E-state index contributed by atoms with van der Waals surface area (Å²) in [6.07, 6.45) is 8.02. The number of rotatable bonds is 10. The quantitative estimate of drug-likeness (QED) is 0.251. The standard InChI is InChI=1S/C40H49ClFN3O4/c1-8-30(37(47)48)35-26(5)31(19-25(4)43-35)33-20-28(41)9-10-34(33)49-18-17-45(24(2)3)36(46)32-21-29(22-39(11-12-39)27(32)6)44-15-13-40(14-16-44)23-38(40,7)42/h8-10,19-20,29H,2,11-18,21-23H2,1,3-7H3,(H,47,48)/b30-8+/t29-,38?/m1/s1. The molecule has 9 heteroatoms. The van der Waals surface area contributed by atoms with E-state index in [1.165, 1.54) is 5.57 Å². The van der Waals surface area contributed by atoms with E-state index < -0.39 is 11.6 Å². The predicted octanol–water partition coefficient (Wildman–Crippen LogP) is 8.72. The van der Waals surface area contributed by atoms with Crippen LogP contribution in [0.3, 0.4) is 0 Å². The Balaban J connectivity index is 1.19. The van der Waals surface area contributed by atoms with Gasteiger partial charge in [-0.15, -0.1) is 0 Å². The average Bonchev–Trinajstić information content (AvgIpc) is 3.93. The second-order valence-corrected chi connectivity index (χ2v) is 15.5. The lowest BCUT2D eigenvalue weighted by Crippen LogP contribution is -2.47. The van der Waals surface area contributed by atoms with Crippen molar-refractivity contribution in [3.8, 4) is 16.9 Å². The third-order valence-electron chi connectivity index (χ3n) is 12.0. The number of alkyl halides is 1. The number of carboxylic acids is 1. The molecule has 1 N–H and O–H groups in total. The van der Waals surface area contributed by atoms with Gasteiger partial charge in [-0.1, -0.05) is 29.8 Å². The SMILES string of the molecule is C=C(C)N(CCOc1ccc(Cl)cc1-c1cc(C)nc(/C(=C\C)C(=O)O)c1C)C(=O)C1=C(C)C2(CC2)C[C@H](N2CCC3(CC2)CC3(C)F)C1. The number of nitrogens with zero attached hydrogens (tertiary/aromatic N) is 3. The van der Waals surface area contributed by atoms with Crippen LogP contribution in [0.4, 0.5) is 4.39 Å². The second kappa shape index (κ2) is 13.0. The Morgan fingerprint density at radius 1 is 1.16 bits per heavy atom. The van der Waals surface area contributed by atoms with Crippen LogP contribution >= 0.6 is 11.6 Å². The van der Waals surface area contributed by atoms with Crippen LogP contribution in [0.1, 0.15) is 89.6 Å². The summed E-state index contributed by atoms with van der Waals surface area (Å²) < 4.78 is 21.1. The molecule has 2 aromatic rings. The molecule has 2 heterocycles. The van der Waals surface area contributed by atoms with Crippen LogP contribution in [0.5, 0.6) is 5.75 Å². The van der Waals surface area contributed by atoms with Gasteiger partial charge in [0.1, 0.15) is 18.0 Å². The van der Waals surface area contributed by atoms with Crippen molar-refractivity contribution in [1.82, 2.24) is 14.8 Å². The number of piperidine rings is 1. The van der Waals surface area contributed by atoms with Crippen LogP contribution < -0.4 is 4.74 Å². The van der Waals surface area contributed by atoms with Gasteiger partial charge in [0.05, 0.1) is 17.8 Å². The number of carbonyl (C=O) groups excluding carboxylic acids is 1. The molecule has 1 aromatic carbocycles. The lowest BCUT2D eigenvalue weighted by atomic mass is 9.76. The fraction of sp³-hybridized carbons (Fsp3) is 0.525. The number of pyridine rings is 1. The first kappa shape index (κ1) is 35.3. The van der Waals surface area contributed by atoms with Crippen molar-refractivity contribution in [3.63, 3.8) is 0 Å². The van der Waals surface area contributed by atoms with E-state index in [0.717, 1.165) is 61.9 Å². The van der Waals surface area contributed by atoms with Crippen LogP contribution in [0.25, 0.3) is 16.7 Å². The zero-order valence-electron chi connectivity index (χ0n) is 29.7. The molecular weight excluding hydrogens is 641 g/mol. The van der Waals surface area contributed by atoms with E-state index in [1.54, 1.807) is 37.0 Å². The molecule has 3 fully saturated rings. The normalized spacial score (nSPS) is 24.2. The topological polar surface area (TPSA) is 83.0 Å². The van der Waals surface area contributed by atoms with E-state index >= 15 is 0 Å². The lowest BCUT2D eigenvalue weighted by Gasteiger charge is -2.43. The number of carboxylic acid groups (broad SMARTS) is 1. The Bertz CT molecular complexity index is 1770. The molecule has 0 bridgehead atoms. The molecule has 1 saturated heterocycles. The number of aryl methyl sites for hydroxylation is 1. The van der Waals surface area contributed by atoms with Gasteiger partial charge >= 0.3 is 5.97 Å². The third-order valence-corrected chi connectivity index (χ3v) is 12.3. The highest BCUT2D eigenvalue weighted by molar-refractivity contribution is 6.31. The zero-order chi connectivity index (χ0) is 35.5. The van der Waals surface area contributed by atoms with E-state index in [1.807, 2.05) is 32.9 Å². The van der Waals surface area contributed by atoms with Crippen LogP contribution in [-0.4, -0.2) is 69.7 Å². The number of carbonyl (C=O) groups is 2. The zero-order valence-corrected chi connectivity index (χ0v) is 30.5. The van der Waals surface area contributed by atoms with Crippen molar-refractivity contribution in [1.29, 1.82) is 0 Å². The number of halogens is 2. The number of hydrogen-bond acceptors (Lipinski definition) is 5. The number of ether oxygens (including phenoxy) is 1. The van der Waals surface area contributed by atoms with Crippen molar-refractivity contribution in [2.75, 3.05) is 26.2 Å². The fourth-order valence-electron chi connectivity index (χ4n) is 8.58. The summed E-state index contributed by atoms with van der Waals surface area (Å²) in [5.41, 5.74) is 5.10. The fourth-order valence-corrected chi connectivity index (χ4v) is 8.75. The van der Waals surface area contributed by atoms with Gasteiger partial charge in [-0.2, -0.15) is 0 Å². The largest absolute Gasteiger partial charge is 0.491 e. The number of allylic oxidation sites excluding steroid dienone is 3. The molecule has 2 atom stereocenters.